The molecule has 1 aromatic carbocycles. The molecule has 24 heavy (non-hydrogen) atoms. The Morgan fingerprint density at radius 1 is 1.33 bits per heavy atom. The smallest absolute Gasteiger partial charge is 0.128 e. The van der Waals surface area contributed by atoms with Crippen molar-refractivity contribution in [2.24, 2.45) is 0 Å². The molecule has 2 atom stereocenters. The molecule has 0 radical (unpaired) electrons. The normalized spacial score (nSPS) is 19.7. The van der Waals surface area contributed by atoms with E-state index in [1.165, 1.54) is 6.07 Å². The maximum absolute atomic E-state index is 13.5. The highest BCUT2D eigenvalue weighted by molar-refractivity contribution is 5.16. The summed E-state index contributed by atoms with van der Waals surface area (Å²) in [5.41, 5.74) is 0.516. The Kier molecular flexibility index (Phi) is 5.96. The van der Waals surface area contributed by atoms with Gasteiger partial charge in [0.25, 0.3) is 0 Å². The molecular formula is C18H24FN3O2. The first-order valence-corrected chi connectivity index (χ1v) is 8.43. The standard InChI is InChI=1S/C18H24FN3O2/c19-18-7-2-1-5-15(18)13-24-14-17(23)12-21-9-3-6-16(21)11-22-10-4-8-20-22/h1-2,4-5,7-8,10,16-17,23H,3,6,9,11-14H2/t16-,17-/m0/s1. The topological polar surface area (TPSA) is 50.5 Å². The summed E-state index contributed by atoms with van der Waals surface area (Å²) in [6.45, 7) is 2.79. The molecular weight excluding hydrogens is 309 g/mol. The quantitative estimate of drug-likeness (QED) is 0.803. The summed E-state index contributed by atoms with van der Waals surface area (Å²) < 4.78 is 20.9. The van der Waals surface area contributed by atoms with Crippen LogP contribution in [0.1, 0.15) is 18.4 Å². The van der Waals surface area contributed by atoms with Crippen molar-refractivity contribution in [3.63, 3.8) is 0 Å². The van der Waals surface area contributed by atoms with Gasteiger partial charge in [-0.05, 0) is 31.5 Å². The molecule has 1 saturated heterocycles. The van der Waals surface area contributed by atoms with Crippen LogP contribution in [-0.2, 0) is 17.9 Å². The Morgan fingerprint density at radius 3 is 3.00 bits per heavy atom. The van der Waals surface area contributed by atoms with E-state index >= 15 is 0 Å². The molecule has 6 heteroatoms. The molecule has 1 fully saturated rings. The second-order valence-electron chi connectivity index (χ2n) is 6.28. The van der Waals surface area contributed by atoms with Crippen molar-refractivity contribution in [3.8, 4) is 0 Å². The van der Waals surface area contributed by atoms with E-state index in [0.29, 0.717) is 18.2 Å². The first-order valence-electron chi connectivity index (χ1n) is 8.43. The average Bonchev–Trinajstić information content (AvgIpc) is 3.22. The van der Waals surface area contributed by atoms with Crippen molar-refractivity contribution in [2.45, 2.75) is 38.1 Å². The second kappa shape index (κ2) is 8.37. The molecule has 0 amide bonds. The van der Waals surface area contributed by atoms with Crippen LogP contribution < -0.4 is 0 Å². The van der Waals surface area contributed by atoms with Crippen molar-refractivity contribution in [1.29, 1.82) is 0 Å². The van der Waals surface area contributed by atoms with E-state index in [4.69, 9.17) is 4.74 Å². The molecule has 3 rings (SSSR count). The molecule has 130 valence electrons. The molecule has 2 aromatic rings. The third-order valence-corrected chi connectivity index (χ3v) is 4.43. The third-order valence-electron chi connectivity index (χ3n) is 4.43. The van der Waals surface area contributed by atoms with Crippen LogP contribution >= 0.6 is 0 Å². The monoisotopic (exact) mass is 333 g/mol. The van der Waals surface area contributed by atoms with Crippen LogP contribution in [0.2, 0.25) is 0 Å². The number of aromatic nitrogens is 2. The number of ether oxygens (including phenoxy) is 1. The molecule has 1 N–H and O–H groups in total. The van der Waals surface area contributed by atoms with Gasteiger partial charge in [-0.3, -0.25) is 9.58 Å². The number of nitrogens with zero attached hydrogens (tertiary/aromatic N) is 3. The molecule has 5 nitrogen and oxygen atoms in total. The van der Waals surface area contributed by atoms with Crippen LogP contribution in [0.3, 0.4) is 0 Å². The molecule has 0 aliphatic carbocycles. The van der Waals surface area contributed by atoms with Gasteiger partial charge in [-0.1, -0.05) is 18.2 Å². The van der Waals surface area contributed by atoms with Gasteiger partial charge >= 0.3 is 0 Å². The number of hydrogen-bond donors (Lipinski definition) is 1. The molecule has 0 bridgehead atoms. The lowest BCUT2D eigenvalue weighted by Crippen LogP contribution is -2.40. The van der Waals surface area contributed by atoms with Gasteiger partial charge in [0.15, 0.2) is 0 Å². The predicted octanol–water partition coefficient (Wildman–Crippen LogP) is 2.06. The highest BCUT2D eigenvalue weighted by Crippen LogP contribution is 2.19. The molecule has 0 spiro atoms. The second-order valence-corrected chi connectivity index (χ2v) is 6.28. The summed E-state index contributed by atoms with van der Waals surface area (Å²) in [6, 6.07) is 8.86. The van der Waals surface area contributed by atoms with Crippen molar-refractivity contribution >= 4 is 0 Å². The van der Waals surface area contributed by atoms with Gasteiger partial charge in [-0.25, -0.2) is 4.39 Å². The minimum atomic E-state index is -0.574. The van der Waals surface area contributed by atoms with E-state index in [9.17, 15) is 9.50 Å². The Bertz CT molecular complexity index is 620. The van der Waals surface area contributed by atoms with Crippen molar-refractivity contribution in [3.05, 3.63) is 54.1 Å². The van der Waals surface area contributed by atoms with Gasteiger partial charge in [-0.2, -0.15) is 5.10 Å². The van der Waals surface area contributed by atoms with Gasteiger partial charge in [0.05, 0.1) is 25.9 Å². The summed E-state index contributed by atoms with van der Waals surface area (Å²) in [4.78, 5) is 2.29. The average molecular weight is 333 g/mol. The number of aliphatic hydroxyl groups excluding tert-OH is 1. The first-order chi connectivity index (χ1) is 11.7. The molecule has 1 aliphatic rings. The number of benzene rings is 1. The van der Waals surface area contributed by atoms with E-state index in [-0.39, 0.29) is 19.0 Å². The van der Waals surface area contributed by atoms with Gasteiger partial charge in [0.1, 0.15) is 5.82 Å². The number of likely N-dealkylation sites (tertiary alicyclic amines) is 1. The van der Waals surface area contributed by atoms with Crippen LogP contribution in [0.5, 0.6) is 0 Å². The maximum atomic E-state index is 13.5. The van der Waals surface area contributed by atoms with Gasteiger partial charge in [0.2, 0.25) is 0 Å². The lowest BCUT2D eigenvalue weighted by atomic mass is 10.2. The summed E-state index contributed by atoms with van der Waals surface area (Å²) >= 11 is 0. The molecule has 1 aromatic heterocycles. The van der Waals surface area contributed by atoms with Crippen LogP contribution in [0.15, 0.2) is 42.7 Å². The minimum Gasteiger partial charge on any atom is -0.389 e. The summed E-state index contributed by atoms with van der Waals surface area (Å²) in [5, 5.41) is 14.5. The molecule has 0 saturated carbocycles. The van der Waals surface area contributed by atoms with Crippen LogP contribution in [0.25, 0.3) is 0 Å². The Labute approximate surface area is 141 Å². The first kappa shape index (κ1) is 17.1. The number of hydrogen-bond acceptors (Lipinski definition) is 4. The van der Waals surface area contributed by atoms with E-state index in [0.717, 1.165) is 25.9 Å². The number of aliphatic hydroxyl groups is 1. The van der Waals surface area contributed by atoms with Crippen LogP contribution in [-0.4, -0.2) is 51.6 Å². The van der Waals surface area contributed by atoms with E-state index in [1.807, 2.05) is 16.9 Å². The minimum absolute atomic E-state index is 0.181. The zero-order valence-electron chi connectivity index (χ0n) is 13.7. The van der Waals surface area contributed by atoms with Gasteiger partial charge < -0.3 is 9.84 Å². The summed E-state index contributed by atoms with van der Waals surface area (Å²) in [6.07, 6.45) is 5.42. The highest BCUT2D eigenvalue weighted by Gasteiger charge is 2.26. The lowest BCUT2D eigenvalue weighted by Gasteiger charge is -2.26. The number of halogens is 1. The maximum Gasteiger partial charge on any atom is 0.128 e. The van der Waals surface area contributed by atoms with E-state index in [2.05, 4.69) is 10.00 Å². The van der Waals surface area contributed by atoms with Gasteiger partial charge in [0, 0.05) is 30.5 Å². The number of β-amino-alcohol motifs (C(OH)–C–C–N with tert-alkyl or cyclic N) is 1. The zero-order valence-corrected chi connectivity index (χ0v) is 13.7. The largest absolute Gasteiger partial charge is 0.389 e. The SMILES string of the molecule is O[C@H](COCc1ccccc1F)CN1CCC[C@H]1Cn1cccn1. The number of rotatable bonds is 8. The zero-order chi connectivity index (χ0) is 16.8. The van der Waals surface area contributed by atoms with Crippen LogP contribution in [0.4, 0.5) is 4.39 Å². The fourth-order valence-corrected chi connectivity index (χ4v) is 3.21. The highest BCUT2D eigenvalue weighted by atomic mass is 19.1. The molecule has 2 heterocycles. The van der Waals surface area contributed by atoms with Gasteiger partial charge in [-0.15, -0.1) is 0 Å². The lowest BCUT2D eigenvalue weighted by molar-refractivity contribution is 0.00595. The Balaban J connectivity index is 1.42. The van der Waals surface area contributed by atoms with Crippen molar-refractivity contribution < 1.29 is 14.2 Å². The van der Waals surface area contributed by atoms with E-state index < -0.39 is 6.10 Å². The van der Waals surface area contributed by atoms with Crippen molar-refractivity contribution in [1.82, 2.24) is 14.7 Å². The molecule has 1 aliphatic heterocycles. The fraction of sp³-hybridized carbons (Fsp3) is 0.500. The summed E-state index contributed by atoms with van der Waals surface area (Å²) in [5.74, 6) is -0.272. The Hall–Kier alpha value is -1.76. The summed E-state index contributed by atoms with van der Waals surface area (Å²) in [7, 11) is 0. The predicted molar refractivity (Wildman–Crippen MR) is 88.9 cm³/mol. The van der Waals surface area contributed by atoms with Crippen LogP contribution in [0, 0.1) is 5.82 Å². The third kappa shape index (κ3) is 4.63. The fourth-order valence-electron chi connectivity index (χ4n) is 3.21. The molecule has 0 unspecified atom stereocenters. The van der Waals surface area contributed by atoms with E-state index in [1.54, 1.807) is 24.4 Å². The Morgan fingerprint density at radius 2 is 2.21 bits per heavy atom. The van der Waals surface area contributed by atoms with Crippen molar-refractivity contribution in [2.75, 3.05) is 19.7 Å².